The first kappa shape index (κ1) is 26.1. The first-order valence-electron chi connectivity index (χ1n) is 14.0. The van der Waals surface area contributed by atoms with E-state index in [1.54, 1.807) is 24.4 Å². The highest BCUT2D eigenvalue weighted by Gasteiger charge is 2.23. The van der Waals surface area contributed by atoms with Gasteiger partial charge in [-0.1, -0.05) is 6.92 Å². The number of phenols is 1. The van der Waals surface area contributed by atoms with Crippen LogP contribution in [0.2, 0.25) is 0 Å². The van der Waals surface area contributed by atoms with Gasteiger partial charge in [0, 0.05) is 61.1 Å². The number of nitrogens with zero attached hydrogens (tertiary/aromatic N) is 5. The molecule has 6 rings (SSSR count). The van der Waals surface area contributed by atoms with Gasteiger partial charge in [0.15, 0.2) is 0 Å². The maximum atomic E-state index is 9.92. The predicted octanol–water partition coefficient (Wildman–Crippen LogP) is 3.83. The summed E-state index contributed by atoms with van der Waals surface area (Å²) in [6, 6.07) is 9.77. The SMILES string of the molecule is CCc1cc(O)ccc1N=C(N)c1cnn2cc(-c3cnccc3N3CCC(N)CC3)cc2c1N[C@H]1CCOC1. The molecule has 6 N–H and O–H groups in total. The molecule has 1 atom stereocenters. The summed E-state index contributed by atoms with van der Waals surface area (Å²) in [5, 5.41) is 18.3. The summed E-state index contributed by atoms with van der Waals surface area (Å²) in [6.07, 6.45) is 11.1. The van der Waals surface area contributed by atoms with Crippen molar-refractivity contribution in [3.05, 3.63) is 66.2 Å². The van der Waals surface area contributed by atoms with E-state index in [4.69, 9.17) is 26.3 Å². The molecule has 0 bridgehead atoms. The molecule has 10 heteroatoms. The minimum Gasteiger partial charge on any atom is -0.508 e. The smallest absolute Gasteiger partial charge is 0.135 e. The lowest BCUT2D eigenvalue weighted by Crippen LogP contribution is -2.39. The van der Waals surface area contributed by atoms with Gasteiger partial charge in [0.25, 0.3) is 0 Å². The lowest BCUT2D eigenvalue weighted by Gasteiger charge is -2.33. The number of ether oxygens (including phenoxy) is 1. The van der Waals surface area contributed by atoms with E-state index in [-0.39, 0.29) is 17.8 Å². The molecule has 0 saturated carbocycles. The molecule has 0 unspecified atom stereocenters. The number of pyridine rings is 1. The second-order valence-electron chi connectivity index (χ2n) is 10.6. The zero-order valence-electron chi connectivity index (χ0n) is 22.8. The quantitative estimate of drug-likeness (QED) is 0.205. The van der Waals surface area contributed by atoms with Crippen LogP contribution < -0.4 is 21.7 Å². The van der Waals surface area contributed by atoms with Gasteiger partial charge in [-0.2, -0.15) is 5.10 Å². The number of hydrogen-bond acceptors (Lipinski definition) is 8. The average molecular weight is 541 g/mol. The third-order valence-corrected chi connectivity index (χ3v) is 7.87. The molecule has 0 spiro atoms. The normalized spacial score (nSPS) is 18.5. The van der Waals surface area contributed by atoms with Crippen molar-refractivity contribution in [2.24, 2.45) is 16.5 Å². The van der Waals surface area contributed by atoms with Crippen LogP contribution in [0.3, 0.4) is 0 Å². The number of hydrogen-bond donors (Lipinski definition) is 4. The lowest BCUT2D eigenvalue weighted by molar-refractivity contribution is 0.195. The van der Waals surface area contributed by atoms with Gasteiger partial charge < -0.3 is 31.5 Å². The maximum Gasteiger partial charge on any atom is 0.135 e. The van der Waals surface area contributed by atoms with Crippen molar-refractivity contribution < 1.29 is 9.84 Å². The molecule has 1 aromatic carbocycles. The fraction of sp³-hybridized carbons (Fsp3) is 0.367. The zero-order valence-corrected chi connectivity index (χ0v) is 22.8. The Bertz CT molecular complexity index is 1530. The van der Waals surface area contributed by atoms with Gasteiger partial charge in [-0.15, -0.1) is 0 Å². The summed E-state index contributed by atoms with van der Waals surface area (Å²) in [6.45, 7) is 5.22. The van der Waals surface area contributed by atoms with Gasteiger partial charge in [-0.3, -0.25) is 4.98 Å². The number of amidine groups is 1. The van der Waals surface area contributed by atoms with Crippen LogP contribution in [-0.4, -0.2) is 63.9 Å². The summed E-state index contributed by atoms with van der Waals surface area (Å²) in [5.74, 6) is 0.565. The van der Waals surface area contributed by atoms with Crippen LogP contribution in [0.5, 0.6) is 5.75 Å². The lowest BCUT2D eigenvalue weighted by atomic mass is 10.0. The molecule has 0 amide bonds. The van der Waals surface area contributed by atoms with Gasteiger partial charge in [-0.25, -0.2) is 9.51 Å². The van der Waals surface area contributed by atoms with E-state index >= 15 is 0 Å². The number of anilines is 2. The second-order valence-corrected chi connectivity index (χ2v) is 10.6. The van der Waals surface area contributed by atoms with E-state index in [1.165, 1.54) is 0 Å². The monoisotopic (exact) mass is 540 g/mol. The Morgan fingerprint density at radius 3 is 2.80 bits per heavy atom. The van der Waals surface area contributed by atoms with Gasteiger partial charge >= 0.3 is 0 Å². The van der Waals surface area contributed by atoms with E-state index in [0.717, 1.165) is 90.2 Å². The number of piperidine rings is 1. The van der Waals surface area contributed by atoms with E-state index < -0.39 is 0 Å². The molecule has 2 aliphatic rings. The van der Waals surface area contributed by atoms with Crippen molar-refractivity contribution in [3.8, 4) is 16.9 Å². The Hall–Kier alpha value is -4.15. The van der Waals surface area contributed by atoms with Crippen LogP contribution in [0.1, 0.15) is 37.3 Å². The van der Waals surface area contributed by atoms with E-state index in [1.807, 2.05) is 30.0 Å². The highest BCUT2D eigenvalue weighted by atomic mass is 16.5. The van der Waals surface area contributed by atoms with Crippen molar-refractivity contribution in [1.29, 1.82) is 0 Å². The van der Waals surface area contributed by atoms with Gasteiger partial charge in [0.1, 0.15) is 11.6 Å². The fourth-order valence-electron chi connectivity index (χ4n) is 5.58. The van der Waals surface area contributed by atoms with Crippen LogP contribution in [0, 0.1) is 0 Å². The largest absolute Gasteiger partial charge is 0.508 e. The highest BCUT2D eigenvalue weighted by Crippen LogP contribution is 2.35. The van der Waals surface area contributed by atoms with Crippen LogP contribution in [0.25, 0.3) is 16.6 Å². The number of nitrogens with two attached hydrogens (primary N) is 2. The van der Waals surface area contributed by atoms with Crippen LogP contribution in [0.15, 0.2) is 60.1 Å². The summed E-state index contributed by atoms with van der Waals surface area (Å²) < 4.78 is 7.53. The molecule has 2 aliphatic heterocycles. The number of aliphatic imine (C=N–C) groups is 1. The number of benzene rings is 1. The molecular formula is C30H36N8O2. The molecule has 4 aromatic rings. The second kappa shape index (κ2) is 11.1. The molecule has 10 nitrogen and oxygen atoms in total. The molecule has 2 saturated heterocycles. The van der Waals surface area contributed by atoms with Crippen molar-refractivity contribution in [2.75, 3.05) is 36.5 Å². The maximum absolute atomic E-state index is 9.92. The number of phenolic OH excluding ortho intramolecular Hbond substituents is 1. The van der Waals surface area contributed by atoms with Crippen molar-refractivity contribution in [2.45, 2.75) is 44.7 Å². The molecule has 0 aliphatic carbocycles. The van der Waals surface area contributed by atoms with Crippen molar-refractivity contribution >= 4 is 28.4 Å². The fourth-order valence-corrected chi connectivity index (χ4v) is 5.58. The average Bonchev–Trinajstić information content (AvgIpc) is 3.65. The Morgan fingerprint density at radius 1 is 1.18 bits per heavy atom. The Labute approximate surface area is 233 Å². The van der Waals surface area contributed by atoms with Gasteiger partial charge in [-0.05, 0) is 61.6 Å². The minimum atomic E-state index is 0.155. The van der Waals surface area contributed by atoms with Crippen molar-refractivity contribution in [3.63, 3.8) is 0 Å². The van der Waals surface area contributed by atoms with E-state index in [0.29, 0.717) is 12.4 Å². The number of aromatic nitrogens is 3. The number of aromatic hydroxyl groups is 1. The van der Waals surface area contributed by atoms with Gasteiger partial charge in [0.05, 0.1) is 41.3 Å². The van der Waals surface area contributed by atoms with Gasteiger partial charge in [0.2, 0.25) is 0 Å². The minimum absolute atomic E-state index is 0.155. The predicted molar refractivity (Wildman–Crippen MR) is 159 cm³/mol. The molecule has 0 radical (unpaired) electrons. The molecule has 2 fully saturated rings. The van der Waals surface area contributed by atoms with Crippen molar-refractivity contribution in [1.82, 2.24) is 14.6 Å². The van der Waals surface area contributed by atoms with E-state index in [9.17, 15) is 5.11 Å². The third kappa shape index (κ3) is 5.20. The number of rotatable bonds is 7. The summed E-state index contributed by atoms with van der Waals surface area (Å²) in [7, 11) is 0. The molecule has 3 aromatic heterocycles. The number of nitrogens with one attached hydrogen (secondary N) is 1. The number of aryl methyl sites for hydroxylation is 1. The summed E-state index contributed by atoms with van der Waals surface area (Å²) in [5.41, 5.74) is 20.2. The zero-order chi connectivity index (χ0) is 27.6. The first-order chi connectivity index (χ1) is 19.5. The topological polar surface area (TPSA) is 139 Å². The van der Waals surface area contributed by atoms with Crippen LogP contribution >= 0.6 is 0 Å². The summed E-state index contributed by atoms with van der Waals surface area (Å²) >= 11 is 0. The first-order valence-corrected chi connectivity index (χ1v) is 14.0. The number of fused-ring (bicyclic) bond motifs is 1. The third-order valence-electron chi connectivity index (χ3n) is 7.87. The van der Waals surface area contributed by atoms with Crippen LogP contribution in [0.4, 0.5) is 17.1 Å². The Morgan fingerprint density at radius 2 is 2.02 bits per heavy atom. The van der Waals surface area contributed by atoms with Crippen LogP contribution in [-0.2, 0) is 11.2 Å². The molecule has 40 heavy (non-hydrogen) atoms. The highest BCUT2D eigenvalue weighted by molar-refractivity contribution is 6.06. The van der Waals surface area contributed by atoms with E-state index in [2.05, 4.69) is 27.3 Å². The molecule has 208 valence electrons. The standard InChI is InChI=1S/C30H36N8O2/c1-2-19-13-23(39)3-4-26(19)36-30(32)25-16-34-38-17-20(14-28(38)29(25)35-22-8-12-40-18-22)24-15-33-9-5-27(24)37-10-6-21(31)7-11-37/h3-5,9,13-17,21-22,35,39H,2,6-8,10-12,18,31H2,1H3,(H2,32,36)/t22-/m0/s1. The molecule has 5 heterocycles. The molecular weight excluding hydrogens is 504 g/mol. The summed E-state index contributed by atoms with van der Waals surface area (Å²) in [4.78, 5) is 11.6. The Kier molecular flexibility index (Phi) is 7.27. The Balaban J connectivity index is 1.44.